The molecule has 0 fully saturated rings. The molecule has 0 saturated heterocycles. The smallest absolute Gasteiger partial charge is 0.423 e. The van der Waals surface area contributed by atoms with Crippen LogP contribution in [0.4, 0.5) is 34.6 Å². The summed E-state index contributed by atoms with van der Waals surface area (Å²) in [6.07, 6.45) is 0. The molecule has 12 heteroatoms. The number of anilines is 6. The van der Waals surface area contributed by atoms with Gasteiger partial charge in [0.05, 0.1) is 11.4 Å². The van der Waals surface area contributed by atoms with Gasteiger partial charge in [0.15, 0.2) is 0 Å². The zero-order valence-corrected chi connectivity index (χ0v) is 37.4. The van der Waals surface area contributed by atoms with E-state index in [9.17, 15) is 0 Å². The van der Waals surface area contributed by atoms with Crippen LogP contribution in [0.2, 0.25) is 0 Å². The van der Waals surface area contributed by atoms with Gasteiger partial charge < -0.3 is 15.2 Å². The maximum absolute atomic E-state index is 8.58. The maximum atomic E-state index is 8.58. The van der Waals surface area contributed by atoms with Crippen molar-refractivity contribution in [2.24, 2.45) is 0 Å². The number of rotatable bonds is 9. The molecule has 0 bridgehead atoms. The minimum atomic E-state index is -1.34. The van der Waals surface area contributed by atoms with E-state index in [2.05, 4.69) is 83.1 Å². The van der Waals surface area contributed by atoms with Gasteiger partial charge in [-0.2, -0.15) is 0 Å². The molecule has 0 amide bonds. The lowest BCUT2D eigenvalue weighted by molar-refractivity contribution is 0.399. The highest BCUT2D eigenvalue weighted by molar-refractivity contribution is 9.10. The predicted molar refractivity (Wildman–Crippen MR) is 264 cm³/mol. The van der Waals surface area contributed by atoms with Gasteiger partial charge in [0.2, 0.25) is 0 Å². The molecule has 3 N–H and O–H groups in total. The molecule has 9 aromatic rings. The number of para-hydroxylation sites is 2. The van der Waals surface area contributed by atoms with Crippen LogP contribution in [0, 0.1) is 0 Å². The Labute approximate surface area is 385 Å². The maximum Gasteiger partial charge on any atom is 0.488 e. The molecule has 9 rings (SSSR count). The summed E-state index contributed by atoms with van der Waals surface area (Å²) in [6, 6.07) is 73.3. The molecule has 5 aromatic carbocycles. The number of hydrogen-bond donors (Lipinski definition) is 3. The zero-order valence-electron chi connectivity index (χ0n) is 34.2. The quantitative estimate of drug-likeness (QED) is 0.0960. The third-order valence-electron chi connectivity index (χ3n) is 9.05. The molecule has 4 aromatic heterocycles. The molecule has 0 aliphatic rings. The summed E-state index contributed by atoms with van der Waals surface area (Å²) in [5.41, 5.74) is 6.58. The number of benzene rings is 5. The van der Waals surface area contributed by atoms with Gasteiger partial charge in [-0.3, -0.25) is 9.80 Å². The van der Waals surface area contributed by atoms with Crippen LogP contribution in [0.3, 0.4) is 0 Å². The standard InChI is InChI=1S/C28H21N3.C16H11Br2N3.C6H7BO2.CH4O/c1-4-12-22(13-5-1)25-18-10-20-27(29-25)31(24-16-8-3-9-17-24)28-21-11-19-26(30-28)23-14-6-2-7-15-23;17-13-8-4-10-15(19-13)21(12-6-2-1-3-7-12)16-11-5-9-14(18)20-16;8-7(9)6-4-2-1-3-5-6;1-2/h1-21H;1-11H;1-5,8-9H;2H,1H3. The molecule has 0 atom stereocenters. The van der Waals surface area contributed by atoms with E-state index >= 15 is 0 Å². The molecule has 0 unspecified atom stereocenters. The van der Waals surface area contributed by atoms with Crippen LogP contribution in [-0.4, -0.2) is 49.3 Å². The van der Waals surface area contributed by atoms with Gasteiger partial charge in [0.1, 0.15) is 32.5 Å². The van der Waals surface area contributed by atoms with Crippen LogP contribution in [0.1, 0.15) is 0 Å². The zero-order chi connectivity index (χ0) is 44.2. The van der Waals surface area contributed by atoms with Crippen molar-refractivity contribution in [3.05, 3.63) is 234 Å². The summed E-state index contributed by atoms with van der Waals surface area (Å²) >= 11 is 6.85. The van der Waals surface area contributed by atoms with Crippen LogP contribution in [-0.2, 0) is 0 Å². The van der Waals surface area contributed by atoms with Crippen molar-refractivity contribution in [3.8, 4) is 22.5 Å². The number of nitrogens with zero attached hydrogens (tertiary/aromatic N) is 6. The van der Waals surface area contributed by atoms with Crippen molar-refractivity contribution < 1.29 is 15.2 Å². The van der Waals surface area contributed by atoms with Crippen LogP contribution in [0.25, 0.3) is 22.5 Å². The average molecular weight is 959 g/mol. The van der Waals surface area contributed by atoms with Crippen molar-refractivity contribution in [3.63, 3.8) is 0 Å². The Morgan fingerprint density at radius 1 is 0.349 bits per heavy atom. The normalized spacial score (nSPS) is 10.1. The van der Waals surface area contributed by atoms with Crippen LogP contribution in [0.15, 0.2) is 234 Å². The summed E-state index contributed by atoms with van der Waals surface area (Å²) < 4.78 is 1.58. The Balaban J connectivity index is 0.000000177. The first-order valence-corrected chi connectivity index (χ1v) is 21.4. The van der Waals surface area contributed by atoms with Crippen LogP contribution >= 0.6 is 31.9 Å². The molecule has 312 valence electrons. The van der Waals surface area contributed by atoms with Crippen molar-refractivity contribution in [2.45, 2.75) is 0 Å². The number of pyridine rings is 4. The fourth-order valence-corrected chi connectivity index (χ4v) is 6.89. The van der Waals surface area contributed by atoms with Gasteiger partial charge in [-0.15, -0.1) is 0 Å². The molecule has 9 nitrogen and oxygen atoms in total. The van der Waals surface area contributed by atoms with E-state index in [1.54, 1.807) is 24.3 Å². The molecule has 0 saturated carbocycles. The second kappa shape index (κ2) is 24.0. The molecule has 0 aliphatic heterocycles. The topological polar surface area (TPSA) is 119 Å². The fraction of sp³-hybridized carbons (Fsp3) is 0.0196. The summed E-state index contributed by atoms with van der Waals surface area (Å²) in [5, 5.41) is 24.2. The van der Waals surface area contributed by atoms with Crippen molar-refractivity contribution in [1.29, 1.82) is 0 Å². The Bertz CT molecular complexity index is 2600. The highest BCUT2D eigenvalue weighted by atomic mass is 79.9. The van der Waals surface area contributed by atoms with Gasteiger partial charge in [-0.25, -0.2) is 19.9 Å². The van der Waals surface area contributed by atoms with E-state index in [0.717, 1.165) is 73.5 Å². The molecule has 0 spiro atoms. The van der Waals surface area contributed by atoms with Crippen molar-refractivity contribution in [1.82, 2.24) is 19.9 Å². The Morgan fingerprint density at radius 3 is 0.968 bits per heavy atom. The Kier molecular flexibility index (Phi) is 17.4. The summed E-state index contributed by atoms with van der Waals surface area (Å²) in [5.74, 6) is 3.26. The van der Waals surface area contributed by atoms with Crippen LogP contribution in [0.5, 0.6) is 0 Å². The summed E-state index contributed by atoms with van der Waals surface area (Å²) in [7, 11) is -0.341. The summed E-state index contributed by atoms with van der Waals surface area (Å²) in [6.45, 7) is 0. The molecule has 0 aliphatic carbocycles. The minimum absolute atomic E-state index is 0.525. The highest BCUT2D eigenvalue weighted by Crippen LogP contribution is 2.35. The van der Waals surface area contributed by atoms with Gasteiger partial charge in [0.25, 0.3) is 0 Å². The lowest BCUT2D eigenvalue weighted by atomic mass is 9.81. The van der Waals surface area contributed by atoms with E-state index in [0.29, 0.717) is 5.46 Å². The molecular weight excluding hydrogens is 915 g/mol. The predicted octanol–water partition coefficient (Wildman–Crippen LogP) is 11.7. The first kappa shape index (κ1) is 45.7. The summed E-state index contributed by atoms with van der Waals surface area (Å²) in [4.78, 5) is 23.2. The van der Waals surface area contributed by atoms with Crippen molar-refractivity contribution in [2.75, 3.05) is 16.9 Å². The SMILES string of the molecule is Brc1cccc(N(c2ccccc2)c2cccc(Br)n2)n1.CO.OB(O)c1ccccc1.c1ccc(-c2cccc(N(c3ccccc3)c3cccc(-c4ccccc4)n3)n2)cc1. The molecular formula is C51H43BBr2N6O3. The largest absolute Gasteiger partial charge is 0.488 e. The first-order chi connectivity index (χ1) is 30.9. The third-order valence-corrected chi connectivity index (χ3v) is 9.93. The van der Waals surface area contributed by atoms with E-state index < -0.39 is 7.12 Å². The minimum Gasteiger partial charge on any atom is -0.423 e. The van der Waals surface area contributed by atoms with E-state index in [1.807, 2.05) is 169 Å². The lowest BCUT2D eigenvalue weighted by Crippen LogP contribution is -2.29. The molecule has 4 heterocycles. The van der Waals surface area contributed by atoms with E-state index in [-0.39, 0.29) is 0 Å². The van der Waals surface area contributed by atoms with Gasteiger partial charge >= 0.3 is 7.12 Å². The number of hydrogen-bond acceptors (Lipinski definition) is 9. The van der Waals surface area contributed by atoms with Crippen molar-refractivity contribution >= 4 is 79.1 Å². The van der Waals surface area contributed by atoms with Gasteiger partial charge in [-0.05, 0) is 110 Å². The highest BCUT2D eigenvalue weighted by Gasteiger charge is 2.17. The molecule has 63 heavy (non-hydrogen) atoms. The molecule has 0 radical (unpaired) electrons. The number of aromatic nitrogens is 4. The van der Waals surface area contributed by atoms with Gasteiger partial charge in [-0.1, -0.05) is 152 Å². The van der Waals surface area contributed by atoms with E-state index in [4.69, 9.17) is 25.1 Å². The first-order valence-electron chi connectivity index (χ1n) is 19.8. The average Bonchev–Trinajstić information content (AvgIpc) is 3.35. The second-order valence-corrected chi connectivity index (χ2v) is 14.9. The Morgan fingerprint density at radius 2 is 0.651 bits per heavy atom. The number of aliphatic hydroxyl groups is 1. The third kappa shape index (κ3) is 13.1. The van der Waals surface area contributed by atoms with Gasteiger partial charge in [0, 0.05) is 29.6 Å². The second-order valence-electron chi connectivity index (χ2n) is 13.3. The fourth-order valence-electron chi connectivity index (χ4n) is 6.22. The monoisotopic (exact) mass is 956 g/mol. The van der Waals surface area contributed by atoms with Crippen LogP contribution < -0.4 is 15.3 Å². The number of halogens is 2. The lowest BCUT2D eigenvalue weighted by Gasteiger charge is -2.24. The van der Waals surface area contributed by atoms with E-state index in [1.165, 1.54) is 0 Å². The number of aliphatic hydroxyl groups excluding tert-OH is 1. The Hall–Kier alpha value is -6.80.